The first kappa shape index (κ1) is 11.3. The quantitative estimate of drug-likeness (QED) is 0.387. The van der Waals surface area contributed by atoms with Gasteiger partial charge in [0.1, 0.15) is 5.69 Å². The summed E-state index contributed by atoms with van der Waals surface area (Å²) in [6.07, 6.45) is 0.178. The Morgan fingerprint density at radius 3 is 2.73 bits per heavy atom. The van der Waals surface area contributed by atoms with Crippen LogP contribution in [0.5, 0.6) is 0 Å². The molecule has 6 nitrogen and oxygen atoms in total. The Morgan fingerprint density at radius 1 is 1.60 bits per heavy atom. The van der Waals surface area contributed by atoms with Gasteiger partial charge in [-0.25, -0.2) is 0 Å². The molecule has 0 bridgehead atoms. The van der Waals surface area contributed by atoms with Crippen LogP contribution in [0.15, 0.2) is 12.1 Å². The monoisotopic (exact) mass is 211 g/mol. The first-order valence-electron chi connectivity index (χ1n) is 4.46. The van der Waals surface area contributed by atoms with E-state index < -0.39 is 4.92 Å². The number of aliphatic hydroxyl groups is 1. The summed E-state index contributed by atoms with van der Waals surface area (Å²) in [4.78, 5) is 10.4. The predicted octanol–water partition coefficient (Wildman–Crippen LogP) is 0.753. The van der Waals surface area contributed by atoms with Gasteiger partial charge in [-0.3, -0.25) is 10.1 Å². The molecule has 0 spiro atoms. The molecule has 0 atom stereocenters. The maximum absolute atomic E-state index is 10.9. The van der Waals surface area contributed by atoms with Crippen molar-refractivity contribution in [1.29, 1.82) is 0 Å². The lowest BCUT2D eigenvalue weighted by Gasteiger charge is -2.09. The molecule has 0 radical (unpaired) electrons. The van der Waals surface area contributed by atoms with Gasteiger partial charge in [-0.05, 0) is 12.1 Å². The first-order chi connectivity index (χ1) is 7.11. The number of nitrogens with two attached hydrogens (primary N) is 1. The van der Waals surface area contributed by atoms with Crippen molar-refractivity contribution in [3.05, 3.63) is 27.8 Å². The number of nitro benzene ring substituents is 1. The number of rotatable bonds is 4. The molecule has 0 unspecified atom stereocenters. The second-order valence-electron chi connectivity index (χ2n) is 3.01. The molecule has 1 rings (SSSR count). The Labute approximate surface area is 86.9 Å². The van der Waals surface area contributed by atoms with E-state index in [-0.39, 0.29) is 18.7 Å². The minimum Gasteiger partial charge on any atom is -0.398 e. The van der Waals surface area contributed by atoms with Crippen LogP contribution in [0.2, 0.25) is 0 Å². The van der Waals surface area contributed by atoms with Crippen molar-refractivity contribution in [3.8, 4) is 0 Å². The molecule has 82 valence electrons. The number of aliphatic hydroxyl groups excluding tert-OH is 1. The molecular formula is C9H13N3O3. The van der Waals surface area contributed by atoms with Crippen LogP contribution in [0, 0.1) is 10.1 Å². The van der Waals surface area contributed by atoms with E-state index in [2.05, 4.69) is 5.32 Å². The molecule has 0 aliphatic carbocycles. The average Bonchev–Trinajstić information content (AvgIpc) is 2.20. The van der Waals surface area contributed by atoms with E-state index in [1.807, 2.05) is 0 Å². The summed E-state index contributed by atoms with van der Waals surface area (Å²) in [5.41, 5.74) is 6.66. The largest absolute Gasteiger partial charge is 0.398 e. The third-order valence-electron chi connectivity index (χ3n) is 2.13. The summed E-state index contributed by atoms with van der Waals surface area (Å²) < 4.78 is 0. The van der Waals surface area contributed by atoms with Crippen LogP contribution in [-0.2, 0) is 6.42 Å². The molecule has 0 heterocycles. The molecule has 1 aromatic rings. The van der Waals surface area contributed by atoms with Crippen LogP contribution < -0.4 is 11.1 Å². The molecule has 0 saturated heterocycles. The Morgan fingerprint density at radius 2 is 2.27 bits per heavy atom. The second-order valence-corrected chi connectivity index (χ2v) is 3.01. The zero-order valence-electron chi connectivity index (χ0n) is 8.36. The van der Waals surface area contributed by atoms with Crippen molar-refractivity contribution >= 4 is 17.1 Å². The number of benzene rings is 1. The highest BCUT2D eigenvalue weighted by Crippen LogP contribution is 2.32. The number of nitrogen functional groups attached to an aromatic ring is 1. The van der Waals surface area contributed by atoms with Gasteiger partial charge in [0.25, 0.3) is 5.69 Å². The molecule has 0 aromatic heterocycles. The minimum atomic E-state index is -0.493. The van der Waals surface area contributed by atoms with E-state index in [0.717, 1.165) is 0 Å². The van der Waals surface area contributed by atoms with Crippen molar-refractivity contribution < 1.29 is 10.0 Å². The van der Waals surface area contributed by atoms with E-state index >= 15 is 0 Å². The lowest BCUT2D eigenvalue weighted by molar-refractivity contribution is -0.384. The second kappa shape index (κ2) is 4.61. The molecule has 1 aromatic carbocycles. The highest BCUT2D eigenvalue weighted by Gasteiger charge is 2.20. The summed E-state index contributed by atoms with van der Waals surface area (Å²) in [5, 5.41) is 22.4. The average molecular weight is 211 g/mol. The van der Waals surface area contributed by atoms with E-state index in [4.69, 9.17) is 10.8 Å². The normalized spacial score (nSPS) is 10.0. The van der Waals surface area contributed by atoms with Gasteiger partial charge in [-0.2, -0.15) is 0 Å². The van der Waals surface area contributed by atoms with Crippen LogP contribution >= 0.6 is 0 Å². The van der Waals surface area contributed by atoms with E-state index in [1.54, 1.807) is 19.2 Å². The Bertz CT molecular complexity index is 379. The number of anilines is 2. The van der Waals surface area contributed by atoms with Crippen molar-refractivity contribution in [2.45, 2.75) is 6.42 Å². The van der Waals surface area contributed by atoms with Crippen LogP contribution in [0.25, 0.3) is 0 Å². The molecule has 0 aliphatic heterocycles. The van der Waals surface area contributed by atoms with Gasteiger partial charge in [0.2, 0.25) is 0 Å². The molecule has 0 saturated carbocycles. The van der Waals surface area contributed by atoms with Gasteiger partial charge < -0.3 is 16.2 Å². The number of nitrogens with zero attached hydrogens (tertiary/aromatic N) is 1. The van der Waals surface area contributed by atoms with Crippen molar-refractivity contribution in [3.63, 3.8) is 0 Å². The molecule has 4 N–H and O–H groups in total. The fraction of sp³-hybridized carbons (Fsp3) is 0.333. The highest BCUT2D eigenvalue weighted by molar-refractivity contribution is 5.72. The van der Waals surface area contributed by atoms with Crippen LogP contribution in [-0.4, -0.2) is 23.7 Å². The molecular weight excluding hydrogens is 198 g/mol. The predicted molar refractivity (Wildman–Crippen MR) is 57.8 cm³/mol. The van der Waals surface area contributed by atoms with E-state index in [1.165, 1.54) is 0 Å². The van der Waals surface area contributed by atoms with Gasteiger partial charge in [-0.15, -0.1) is 0 Å². The van der Waals surface area contributed by atoms with Crippen molar-refractivity contribution in [1.82, 2.24) is 0 Å². The standard InChI is InChI=1S/C9H13N3O3/c1-11-8-3-2-7(10)6(4-5-13)9(8)12(14)15/h2-3,11,13H,4-5,10H2,1H3. The fourth-order valence-electron chi connectivity index (χ4n) is 1.44. The Hall–Kier alpha value is -1.82. The maximum atomic E-state index is 10.9. The third kappa shape index (κ3) is 2.16. The van der Waals surface area contributed by atoms with Crippen LogP contribution in [0.4, 0.5) is 17.1 Å². The smallest absolute Gasteiger partial charge is 0.297 e. The topological polar surface area (TPSA) is 101 Å². The lowest BCUT2D eigenvalue weighted by Crippen LogP contribution is -2.06. The number of hydrogen-bond acceptors (Lipinski definition) is 5. The van der Waals surface area contributed by atoms with Gasteiger partial charge in [0.05, 0.1) is 10.5 Å². The summed E-state index contributed by atoms with van der Waals surface area (Å²) in [5.74, 6) is 0. The number of hydrogen-bond donors (Lipinski definition) is 3. The fourth-order valence-corrected chi connectivity index (χ4v) is 1.44. The maximum Gasteiger partial charge on any atom is 0.297 e. The van der Waals surface area contributed by atoms with E-state index in [9.17, 15) is 10.1 Å². The SMILES string of the molecule is CNc1ccc(N)c(CCO)c1[N+](=O)[O-]. The lowest BCUT2D eigenvalue weighted by atomic mass is 10.1. The van der Waals surface area contributed by atoms with Crippen molar-refractivity contribution in [2.75, 3.05) is 24.7 Å². The number of nitrogens with one attached hydrogen (secondary N) is 1. The molecule has 0 amide bonds. The Balaban J connectivity index is 3.36. The third-order valence-corrected chi connectivity index (χ3v) is 2.13. The molecule has 0 fully saturated rings. The highest BCUT2D eigenvalue weighted by atomic mass is 16.6. The minimum absolute atomic E-state index is 0.0634. The summed E-state index contributed by atoms with van der Waals surface area (Å²) in [7, 11) is 1.60. The van der Waals surface area contributed by atoms with Crippen LogP contribution in [0.3, 0.4) is 0 Å². The molecule has 15 heavy (non-hydrogen) atoms. The van der Waals surface area contributed by atoms with Crippen molar-refractivity contribution in [2.24, 2.45) is 0 Å². The summed E-state index contributed by atoms with van der Waals surface area (Å²) in [6, 6.07) is 3.14. The zero-order chi connectivity index (χ0) is 11.4. The van der Waals surface area contributed by atoms with E-state index in [0.29, 0.717) is 16.9 Å². The van der Waals surface area contributed by atoms with Crippen LogP contribution in [0.1, 0.15) is 5.56 Å². The van der Waals surface area contributed by atoms with Gasteiger partial charge >= 0.3 is 0 Å². The summed E-state index contributed by atoms with van der Waals surface area (Å²) >= 11 is 0. The first-order valence-corrected chi connectivity index (χ1v) is 4.46. The summed E-state index contributed by atoms with van der Waals surface area (Å²) in [6.45, 7) is -0.168. The zero-order valence-corrected chi connectivity index (χ0v) is 8.36. The molecule has 6 heteroatoms. The number of nitro groups is 1. The van der Waals surface area contributed by atoms with Gasteiger partial charge in [-0.1, -0.05) is 0 Å². The van der Waals surface area contributed by atoms with Gasteiger partial charge in [0.15, 0.2) is 0 Å². The molecule has 0 aliphatic rings. The van der Waals surface area contributed by atoms with Gasteiger partial charge in [0, 0.05) is 25.8 Å². The Kier molecular flexibility index (Phi) is 3.46.